The monoisotopic (exact) mass is 163 g/mol. The van der Waals surface area contributed by atoms with E-state index in [1.165, 1.54) is 11.7 Å². The van der Waals surface area contributed by atoms with Gasteiger partial charge in [0.1, 0.15) is 11.6 Å². The van der Waals surface area contributed by atoms with E-state index in [1.807, 2.05) is 6.07 Å². The van der Waals surface area contributed by atoms with Crippen LogP contribution in [0.4, 0.5) is 0 Å². The minimum absolute atomic E-state index is 0.185. The smallest absolute Gasteiger partial charge is 0.266 e. The second kappa shape index (κ2) is 2.78. The lowest BCUT2D eigenvalue weighted by molar-refractivity contribution is 0.684. The van der Waals surface area contributed by atoms with Crippen molar-refractivity contribution in [3.63, 3.8) is 0 Å². The summed E-state index contributed by atoms with van der Waals surface area (Å²) in [6, 6.07) is 1.87. The molecular weight excluding hydrogens is 154 g/mol. The van der Waals surface area contributed by atoms with Crippen molar-refractivity contribution in [3.8, 4) is 6.07 Å². The molecular formula is C8H9N3O. The van der Waals surface area contributed by atoms with Gasteiger partial charge in [0.15, 0.2) is 0 Å². The van der Waals surface area contributed by atoms with Gasteiger partial charge in [0.2, 0.25) is 0 Å². The minimum atomic E-state index is -0.333. The summed E-state index contributed by atoms with van der Waals surface area (Å²) in [5.74, 6) is 0. The van der Waals surface area contributed by atoms with Crippen molar-refractivity contribution >= 4 is 0 Å². The van der Waals surface area contributed by atoms with Crippen LogP contribution in [-0.2, 0) is 7.05 Å². The van der Waals surface area contributed by atoms with E-state index in [1.54, 1.807) is 13.8 Å². The van der Waals surface area contributed by atoms with E-state index in [2.05, 4.69) is 5.10 Å². The molecule has 0 amide bonds. The summed E-state index contributed by atoms with van der Waals surface area (Å²) in [6.45, 7) is 3.50. The van der Waals surface area contributed by atoms with Crippen molar-refractivity contribution in [1.29, 1.82) is 5.26 Å². The summed E-state index contributed by atoms with van der Waals surface area (Å²) in [6.07, 6.45) is 0. The van der Waals surface area contributed by atoms with E-state index in [0.717, 1.165) is 0 Å². The molecule has 0 aliphatic carbocycles. The predicted molar refractivity (Wildman–Crippen MR) is 43.7 cm³/mol. The third kappa shape index (κ3) is 1.10. The van der Waals surface area contributed by atoms with Gasteiger partial charge in [0.05, 0.1) is 5.69 Å². The van der Waals surface area contributed by atoms with Gasteiger partial charge in [0, 0.05) is 7.05 Å². The van der Waals surface area contributed by atoms with Crippen molar-refractivity contribution in [2.45, 2.75) is 13.8 Å². The number of hydrogen-bond acceptors (Lipinski definition) is 3. The molecule has 1 aromatic heterocycles. The zero-order chi connectivity index (χ0) is 9.30. The Hall–Kier alpha value is -1.63. The average Bonchev–Trinajstić information content (AvgIpc) is 2.02. The first-order valence-electron chi connectivity index (χ1n) is 3.52. The molecule has 0 aliphatic heterocycles. The molecule has 0 spiro atoms. The second-order valence-corrected chi connectivity index (χ2v) is 2.63. The number of hydrogen-bond donors (Lipinski definition) is 0. The van der Waals surface area contributed by atoms with E-state index >= 15 is 0 Å². The maximum Gasteiger partial charge on any atom is 0.284 e. The lowest BCUT2D eigenvalue weighted by Crippen LogP contribution is -2.24. The molecule has 0 N–H and O–H groups in total. The zero-order valence-electron chi connectivity index (χ0n) is 7.25. The van der Waals surface area contributed by atoms with Crippen LogP contribution in [0, 0.1) is 25.2 Å². The molecule has 0 aliphatic rings. The van der Waals surface area contributed by atoms with E-state index in [9.17, 15) is 4.79 Å². The van der Waals surface area contributed by atoms with Crippen LogP contribution in [0.15, 0.2) is 4.79 Å². The Labute approximate surface area is 70.1 Å². The Kier molecular flexibility index (Phi) is 1.96. The summed E-state index contributed by atoms with van der Waals surface area (Å²) < 4.78 is 1.18. The molecule has 0 saturated heterocycles. The second-order valence-electron chi connectivity index (χ2n) is 2.63. The molecule has 0 bridgehead atoms. The number of nitrogens with zero attached hydrogens (tertiary/aromatic N) is 3. The van der Waals surface area contributed by atoms with Crippen molar-refractivity contribution in [1.82, 2.24) is 9.78 Å². The van der Waals surface area contributed by atoms with E-state index in [0.29, 0.717) is 11.3 Å². The highest BCUT2D eigenvalue weighted by atomic mass is 16.1. The number of rotatable bonds is 0. The topological polar surface area (TPSA) is 58.7 Å². The molecule has 1 rings (SSSR count). The highest BCUT2D eigenvalue weighted by Crippen LogP contribution is 2.03. The molecule has 0 aromatic carbocycles. The first-order valence-corrected chi connectivity index (χ1v) is 3.52. The van der Waals surface area contributed by atoms with E-state index in [-0.39, 0.29) is 11.1 Å². The summed E-state index contributed by atoms with van der Waals surface area (Å²) >= 11 is 0. The fourth-order valence-electron chi connectivity index (χ4n) is 0.980. The van der Waals surface area contributed by atoms with Crippen molar-refractivity contribution in [2.75, 3.05) is 0 Å². The summed E-state index contributed by atoms with van der Waals surface area (Å²) in [4.78, 5) is 11.3. The fourth-order valence-corrected chi connectivity index (χ4v) is 0.980. The van der Waals surface area contributed by atoms with Gasteiger partial charge in [0.25, 0.3) is 5.56 Å². The number of aryl methyl sites for hydroxylation is 2. The fraction of sp³-hybridized carbons (Fsp3) is 0.375. The molecule has 1 heterocycles. The molecule has 4 heteroatoms. The molecule has 0 fully saturated rings. The maximum absolute atomic E-state index is 11.3. The third-order valence-corrected chi connectivity index (χ3v) is 1.84. The molecule has 12 heavy (non-hydrogen) atoms. The normalized spacial score (nSPS) is 9.50. The SMILES string of the molecule is Cc1nn(C)c(=O)c(C#N)c1C. The van der Waals surface area contributed by atoms with Crippen LogP contribution >= 0.6 is 0 Å². The lowest BCUT2D eigenvalue weighted by Gasteiger charge is -2.02. The molecule has 0 atom stereocenters. The highest BCUT2D eigenvalue weighted by molar-refractivity contribution is 5.35. The molecule has 4 nitrogen and oxygen atoms in total. The molecule has 1 aromatic rings. The first kappa shape index (κ1) is 8.47. The standard InChI is InChI=1S/C8H9N3O/c1-5-6(2)10-11(3)8(12)7(5)4-9/h1-3H3. The average molecular weight is 163 g/mol. The number of aromatic nitrogens is 2. The van der Waals surface area contributed by atoms with Gasteiger partial charge in [-0.25, -0.2) is 4.68 Å². The minimum Gasteiger partial charge on any atom is -0.266 e. The van der Waals surface area contributed by atoms with Crippen LogP contribution in [0.3, 0.4) is 0 Å². The number of nitriles is 1. The van der Waals surface area contributed by atoms with Gasteiger partial charge in [-0.1, -0.05) is 0 Å². The Morgan fingerprint density at radius 2 is 2.08 bits per heavy atom. The van der Waals surface area contributed by atoms with E-state index < -0.39 is 0 Å². The Morgan fingerprint density at radius 3 is 2.58 bits per heavy atom. The van der Waals surface area contributed by atoms with E-state index in [4.69, 9.17) is 5.26 Å². The van der Waals surface area contributed by atoms with Gasteiger partial charge in [-0.05, 0) is 19.4 Å². The molecule has 0 unspecified atom stereocenters. The zero-order valence-corrected chi connectivity index (χ0v) is 7.25. The van der Waals surface area contributed by atoms with Gasteiger partial charge in [-0.2, -0.15) is 10.4 Å². The maximum atomic E-state index is 11.3. The molecule has 62 valence electrons. The highest BCUT2D eigenvalue weighted by Gasteiger charge is 2.08. The largest absolute Gasteiger partial charge is 0.284 e. The van der Waals surface area contributed by atoms with Crippen LogP contribution in [-0.4, -0.2) is 9.78 Å². The van der Waals surface area contributed by atoms with Crippen molar-refractivity contribution in [3.05, 3.63) is 27.2 Å². The Bertz CT molecular complexity index is 412. The van der Waals surface area contributed by atoms with Crippen LogP contribution in [0.5, 0.6) is 0 Å². The lowest BCUT2D eigenvalue weighted by atomic mass is 10.1. The van der Waals surface area contributed by atoms with Crippen LogP contribution in [0.1, 0.15) is 16.8 Å². The Morgan fingerprint density at radius 1 is 1.50 bits per heavy atom. The van der Waals surface area contributed by atoms with Crippen molar-refractivity contribution < 1.29 is 0 Å². The predicted octanol–water partition coefficient (Wildman–Crippen LogP) is 0.269. The van der Waals surface area contributed by atoms with Gasteiger partial charge < -0.3 is 0 Å². The Balaban J connectivity index is 3.68. The first-order chi connectivity index (χ1) is 5.57. The van der Waals surface area contributed by atoms with Gasteiger partial charge in [-0.15, -0.1) is 0 Å². The molecule has 0 saturated carbocycles. The van der Waals surface area contributed by atoms with Crippen LogP contribution < -0.4 is 5.56 Å². The van der Waals surface area contributed by atoms with Crippen molar-refractivity contribution in [2.24, 2.45) is 7.05 Å². The molecule has 0 radical (unpaired) electrons. The quantitative estimate of drug-likeness (QED) is 0.551. The van der Waals surface area contributed by atoms with Gasteiger partial charge in [-0.3, -0.25) is 4.79 Å². The third-order valence-electron chi connectivity index (χ3n) is 1.84. The van der Waals surface area contributed by atoms with Gasteiger partial charge >= 0.3 is 0 Å². The summed E-state index contributed by atoms with van der Waals surface area (Å²) in [7, 11) is 1.54. The van der Waals surface area contributed by atoms with Crippen LogP contribution in [0.25, 0.3) is 0 Å². The summed E-state index contributed by atoms with van der Waals surface area (Å²) in [5.41, 5.74) is 1.24. The summed E-state index contributed by atoms with van der Waals surface area (Å²) in [5, 5.41) is 12.6. The van der Waals surface area contributed by atoms with Crippen LogP contribution in [0.2, 0.25) is 0 Å².